The minimum Gasteiger partial charge on any atom is -0.507 e. The number of carbonyl (C=O) groups is 2. The van der Waals surface area contributed by atoms with E-state index in [9.17, 15) is 19.8 Å². The first-order valence-electron chi connectivity index (χ1n) is 7.69. The number of Topliss-reactive ketones (excluding diaryl/α,β-unsaturated/α-hetero) is 1. The zero-order valence-corrected chi connectivity index (χ0v) is 13.9. The Balaban J connectivity index is 2.13. The van der Waals surface area contributed by atoms with Gasteiger partial charge < -0.3 is 15.3 Å². The zero-order chi connectivity index (χ0) is 19.0. The topological polar surface area (TPSA) is 108 Å². The van der Waals surface area contributed by atoms with E-state index in [1.54, 1.807) is 12.1 Å². The Kier molecular flexibility index (Phi) is 4.18. The van der Waals surface area contributed by atoms with Crippen molar-refractivity contribution in [3.05, 3.63) is 71.4 Å². The second-order valence-electron chi connectivity index (χ2n) is 5.80. The number of phenolic OH excluding ortho intramolecular Hbond substituents is 1. The summed E-state index contributed by atoms with van der Waals surface area (Å²) in [5, 5.41) is 29.4. The molecule has 0 saturated heterocycles. The van der Waals surface area contributed by atoms with E-state index in [1.165, 1.54) is 37.3 Å². The molecule has 1 heterocycles. The number of hydrogen-bond acceptors (Lipinski definition) is 5. The third-order valence-corrected chi connectivity index (χ3v) is 4.10. The van der Waals surface area contributed by atoms with E-state index in [4.69, 9.17) is 5.11 Å². The summed E-state index contributed by atoms with van der Waals surface area (Å²) in [6.45, 7) is 5.37. The van der Waals surface area contributed by atoms with E-state index >= 15 is 0 Å². The highest BCUT2D eigenvalue weighted by Gasteiger charge is 2.15. The molecule has 0 bridgehead atoms. The largest absolute Gasteiger partial charge is 0.507 e. The van der Waals surface area contributed by atoms with Gasteiger partial charge in [-0.15, -0.1) is 0 Å². The molecular formula is C20H15NO5. The highest BCUT2D eigenvalue weighted by molar-refractivity contribution is 6.07. The van der Waals surface area contributed by atoms with Gasteiger partial charge >= 0.3 is 5.97 Å². The average Bonchev–Trinajstić information content (AvgIpc) is 2.61. The maximum absolute atomic E-state index is 11.7. The normalized spacial score (nSPS) is 10.7. The van der Waals surface area contributed by atoms with Crippen molar-refractivity contribution in [2.45, 2.75) is 6.92 Å². The van der Waals surface area contributed by atoms with Crippen molar-refractivity contribution in [1.82, 2.24) is 4.98 Å². The number of pyridine rings is 1. The van der Waals surface area contributed by atoms with Gasteiger partial charge in [-0.1, -0.05) is 12.6 Å². The first-order chi connectivity index (χ1) is 12.3. The molecule has 2 aromatic carbocycles. The summed E-state index contributed by atoms with van der Waals surface area (Å²) in [6, 6.07) is 10.4. The molecule has 1 aromatic heterocycles. The van der Waals surface area contributed by atoms with Crippen LogP contribution in [0.25, 0.3) is 16.5 Å². The molecule has 0 radical (unpaired) electrons. The first-order valence-corrected chi connectivity index (χ1v) is 7.69. The molecule has 0 amide bonds. The number of carboxylic acid groups (broad SMARTS) is 1. The van der Waals surface area contributed by atoms with Gasteiger partial charge in [-0.05, 0) is 48.9 Å². The van der Waals surface area contributed by atoms with Gasteiger partial charge in [0.15, 0.2) is 5.78 Å². The number of carbonyl (C=O) groups excluding carboxylic acids is 1. The van der Waals surface area contributed by atoms with Crippen LogP contribution in [0.4, 0.5) is 0 Å². The fraction of sp³-hybridized carbons (Fsp3) is 0.0500. The highest BCUT2D eigenvalue weighted by Crippen LogP contribution is 2.30. The van der Waals surface area contributed by atoms with Gasteiger partial charge in [-0.3, -0.25) is 4.79 Å². The molecule has 3 aromatic rings. The van der Waals surface area contributed by atoms with Crippen LogP contribution in [0.15, 0.2) is 49.0 Å². The van der Waals surface area contributed by atoms with Gasteiger partial charge in [0.2, 0.25) is 0 Å². The lowest BCUT2D eigenvalue weighted by molar-refractivity contribution is 0.0693. The lowest BCUT2D eigenvalue weighted by Gasteiger charge is -2.11. The van der Waals surface area contributed by atoms with Gasteiger partial charge in [0.05, 0.1) is 5.69 Å². The van der Waals surface area contributed by atoms with Gasteiger partial charge in [0, 0.05) is 16.5 Å². The monoisotopic (exact) mass is 349 g/mol. The number of carboxylic acids is 1. The van der Waals surface area contributed by atoms with E-state index in [0.717, 1.165) is 0 Å². The van der Waals surface area contributed by atoms with Crippen molar-refractivity contribution in [2.75, 3.05) is 0 Å². The van der Waals surface area contributed by atoms with Gasteiger partial charge in [-0.25, -0.2) is 9.78 Å². The van der Waals surface area contributed by atoms with Gasteiger partial charge in [-0.2, -0.15) is 0 Å². The highest BCUT2D eigenvalue weighted by atomic mass is 16.4. The first kappa shape index (κ1) is 17.2. The Morgan fingerprint density at radius 1 is 0.962 bits per heavy atom. The van der Waals surface area contributed by atoms with Crippen molar-refractivity contribution in [1.29, 1.82) is 0 Å². The number of aromatic carboxylic acids is 1. The quantitative estimate of drug-likeness (QED) is 0.621. The van der Waals surface area contributed by atoms with Crippen LogP contribution in [0.2, 0.25) is 0 Å². The lowest BCUT2D eigenvalue weighted by atomic mass is 9.99. The molecule has 0 unspecified atom stereocenters. The summed E-state index contributed by atoms with van der Waals surface area (Å²) >= 11 is 0. The molecule has 3 rings (SSSR count). The minimum absolute atomic E-state index is 0.0726. The molecule has 0 spiro atoms. The molecule has 3 N–H and O–H groups in total. The van der Waals surface area contributed by atoms with Gasteiger partial charge in [0.1, 0.15) is 22.6 Å². The Labute approximate surface area is 148 Å². The number of aromatic hydroxyl groups is 2. The van der Waals surface area contributed by atoms with E-state index < -0.39 is 5.97 Å². The number of benzene rings is 2. The van der Waals surface area contributed by atoms with Crippen LogP contribution in [-0.2, 0) is 0 Å². The van der Waals surface area contributed by atoms with Crippen molar-refractivity contribution in [3.63, 3.8) is 0 Å². The number of rotatable bonds is 4. The second-order valence-corrected chi connectivity index (χ2v) is 5.80. The standard InChI is InChI=1S/C20H15NO5/c1-10(12-3-7-17(23)15(9-12)20(25)26)16-6-4-14-13(11(2)22)5-8-18(24)19(14)21-16/h3-9,23-24H,1H2,2H3,(H,25,26). The molecular weight excluding hydrogens is 334 g/mol. The molecule has 0 atom stereocenters. The van der Waals surface area contributed by atoms with Crippen molar-refractivity contribution in [3.8, 4) is 11.5 Å². The van der Waals surface area contributed by atoms with E-state index in [1.807, 2.05) is 0 Å². The van der Waals surface area contributed by atoms with E-state index in [-0.39, 0.29) is 28.4 Å². The predicted octanol–water partition coefficient (Wildman–Crippen LogP) is 3.61. The van der Waals surface area contributed by atoms with E-state index in [2.05, 4.69) is 11.6 Å². The summed E-state index contributed by atoms with van der Waals surface area (Å²) < 4.78 is 0. The van der Waals surface area contributed by atoms with Crippen LogP contribution in [0.5, 0.6) is 11.5 Å². The summed E-state index contributed by atoms with van der Waals surface area (Å²) in [5.74, 6) is -1.82. The average molecular weight is 349 g/mol. The SMILES string of the molecule is C=C(c1ccc(O)c(C(=O)O)c1)c1ccc2c(C(C)=O)ccc(O)c2n1. The predicted molar refractivity (Wildman–Crippen MR) is 96.6 cm³/mol. The fourth-order valence-electron chi connectivity index (χ4n) is 2.72. The summed E-state index contributed by atoms with van der Waals surface area (Å²) in [6.07, 6.45) is 0. The molecule has 0 aliphatic carbocycles. The maximum atomic E-state index is 11.7. The van der Waals surface area contributed by atoms with Crippen LogP contribution in [0.1, 0.15) is 38.9 Å². The Morgan fingerprint density at radius 2 is 1.65 bits per heavy atom. The maximum Gasteiger partial charge on any atom is 0.339 e. The number of phenols is 2. The lowest BCUT2D eigenvalue weighted by Crippen LogP contribution is -2.00. The number of hydrogen-bond donors (Lipinski definition) is 3. The molecule has 26 heavy (non-hydrogen) atoms. The molecule has 0 aliphatic rings. The zero-order valence-electron chi connectivity index (χ0n) is 13.9. The minimum atomic E-state index is -1.26. The number of aromatic nitrogens is 1. The third-order valence-electron chi connectivity index (χ3n) is 4.10. The van der Waals surface area contributed by atoms with E-state index in [0.29, 0.717) is 27.8 Å². The van der Waals surface area contributed by atoms with Crippen LogP contribution in [0.3, 0.4) is 0 Å². The van der Waals surface area contributed by atoms with Crippen molar-refractivity contribution in [2.24, 2.45) is 0 Å². The molecule has 6 heteroatoms. The summed E-state index contributed by atoms with van der Waals surface area (Å²) in [5.41, 5.74) is 1.76. The van der Waals surface area contributed by atoms with Crippen LogP contribution >= 0.6 is 0 Å². The fourth-order valence-corrected chi connectivity index (χ4v) is 2.72. The Hall–Kier alpha value is -3.67. The van der Waals surface area contributed by atoms with Crippen LogP contribution < -0.4 is 0 Å². The number of ketones is 1. The summed E-state index contributed by atoms with van der Waals surface area (Å²) in [7, 11) is 0. The van der Waals surface area contributed by atoms with Crippen molar-refractivity contribution >= 4 is 28.2 Å². The molecule has 0 saturated carbocycles. The smallest absolute Gasteiger partial charge is 0.339 e. The molecule has 130 valence electrons. The molecule has 6 nitrogen and oxygen atoms in total. The van der Waals surface area contributed by atoms with Crippen LogP contribution in [0, 0.1) is 0 Å². The van der Waals surface area contributed by atoms with Crippen molar-refractivity contribution < 1.29 is 24.9 Å². The van der Waals surface area contributed by atoms with Crippen LogP contribution in [-0.4, -0.2) is 32.1 Å². The third kappa shape index (κ3) is 2.88. The Bertz CT molecular complexity index is 1080. The molecule has 0 aliphatic heterocycles. The number of nitrogens with zero attached hydrogens (tertiary/aromatic N) is 1. The summed E-state index contributed by atoms with van der Waals surface area (Å²) in [4.78, 5) is 27.3. The molecule has 0 fully saturated rings. The second kappa shape index (κ2) is 6.33. The van der Waals surface area contributed by atoms with Gasteiger partial charge in [0.25, 0.3) is 0 Å². The number of fused-ring (bicyclic) bond motifs is 1. The Morgan fingerprint density at radius 3 is 2.31 bits per heavy atom.